The average molecular weight is 717 g/mol. The number of nitrogens with zero attached hydrogens (tertiary/aromatic N) is 6. The fraction of sp³-hybridized carbons (Fsp3) is 0.366. The summed E-state index contributed by atoms with van der Waals surface area (Å²) in [6.45, 7) is 8.31. The fourth-order valence-electron chi connectivity index (χ4n) is 7.64. The Balaban J connectivity index is 0.000000152. The van der Waals surface area contributed by atoms with Crippen molar-refractivity contribution in [2.75, 3.05) is 26.2 Å². The van der Waals surface area contributed by atoms with E-state index >= 15 is 0 Å². The minimum atomic E-state index is -0.481. The van der Waals surface area contributed by atoms with Crippen LogP contribution in [0.25, 0.3) is 11.4 Å². The van der Waals surface area contributed by atoms with Gasteiger partial charge < -0.3 is 37.9 Å². The number of benzene rings is 1. The van der Waals surface area contributed by atoms with Crippen LogP contribution in [0.5, 0.6) is 11.8 Å². The molecule has 1 aromatic carbocycles. The molecule has 0 unspecified atom stereocenters. The molecule has 9 rings (SSSR count). The van der Waals surface area contributed by atoms with Gasteiger partial charge in [-0.05, 0) is 74.9 Å². The van der Waals surface area contributed by atoms with Gasteiger partial charge in [-0.3, -0.25) is 0 Å². The molecule has 53 heavy (non-hydrogen) atoms. The maximum Gasteiger partial charge on any atom is 0.410 e. The van der Waals surface area contributed by atoms with Crippen LogP contribution in [-0.4, -0.2) is 72.9 Å². The number of piperidine rings is 2. The largest absolute Gasteiger partial charge is 0.463 e. The molecule has 12 heteroatoms. The van der Waals surface area contributed by atoms with E-state index in [9.17, 15) is 9.59 Å². The van der Waals surface area contributed by atoms with Crippen molar-refractivity contribution in [2.24, 2.45) is 0 Å². The summed E-state index contributed by atoms with van der Waals surface area (Å²) in [4.78, 5) is 37.2. The van der Waals surface area contributed by atoms with E-state index in [-0.39, 0.29) is 18.8 Å². The Morgan fingerprint density at radius 1 is 0.660 bits per heavy atom. The van der Waals surface area contributed by atoms with Crippen molar-refractivity contribution < 1.29 is 28.5 Å². The lowest BCUT2D eigenvalue weighted by atomic mass is 9.87. The molecule has 274 valence electrons. The fourth-order valence-corrected chi connectivity index (χ4v) is 7.64. The Morgan fingerprint density at radius 3 is 1.64 bits per heavy atom. The summed E-state index contributed by atoms with van der Waals surface area (Å²) >= 11 is 0. The number of likely N-dealkylation sites (tertiary alicyclic amines) is 2. The van der Waals surface area contributed by atoms with Gasteiger partial charge in [0.15, 0.2) is 11.2 Å². The van der Waals surface area contributed by atoms with E-state index in [0.29, 0.717) is 63.6 Å². The summed E-state index contributed by atoms with van der Waals surface area (Å²) in [5.41, 5.74) is 3.76. The van der Waals surface area contributed by atoms with Crippen LogP contribution in [0.3, 0.4) is 0 Å². The van der Waals surface area contributed by atoms with Gasteiger partial charge in [-0.1, -0.05) is 30.3 Å². The third-order valence-electron chi connectivity index (χ3n) is 10.3. The zero-order chi connectivity index (χ0) is 36.6. The van der Waals surface area contributed by atoms with Gasteiger partial charge >= 0.3 is 12.2 Å². The molecule has 0 atom stereocenters. The second-order valence-corrected chi connectivity index (χ2v) is 14.9. The lowest BCUT2D eigenvalue weighted by Gasteiger charge is -2.44. The first kappa shape index (κ1) is 34.3. The number of hydrogen-bond donors (Lipinski definition) is 0. The highest BCUT2D eigenvalue weighted by atomic mass is 16.6. The molecule has 4 aliphatic rings. The molecular formula is C41H44N6O6. The van der Waals surface area contributed by atoms with Crippen LogP contribution in [-0.2, 0) is 27.3 Å². The summed E-state index contributed by atoms with van der Waals surface area (Å²) in [6, 6.07) is 25.8. The molecule has 0 bridgehead atoms. The maximum absolute atomic E-state index is 12.5. The summed E-state index contributed by atoms with van der Waals surface area (Å²) in [6.07, 6.45) is 9.88. The van der Waals surface area contributed by atoms with Crippen molar-refractivity contribution in [2.45, 2.75) is 69.9 Å². The highest BCUT2D eigenvalue weighted by molar-refractivity contribution is 5.68. The molecule has 0 aliphatic carbocycles. The molecule has 0 saturated carbocycles. The molecular weight excluding hydrogens is 672 g/mol. The van der Waals surface area contributed by atoms with Crippen molar-refractivity contribution in [3.05, 3.63) is 121 Å². The predicted octanol–water partition coefficient (Wildman–Crippen LogP) is 7.38. The van der Waals surface area contributed by atoms with Crippen LogP contribution >= 0.6 is 0 Å². The van der Waals surface area contributed by atoms with Gasteiger partial charge in [0.2, 0.25) is 11.8 Å². The van der Waals surface area contributed by atoms with Gasteiger partial charge in [0.1, 0.15) is 23.6 Å². The predicted molar refractivity (Wildman–Crippen MR) is 196 cm³/mol. The molecule has 12 nitrogen and oxygen atoms in total. The van der Waals surface area contributed by atoms with Crippen molar-refractivity contribution in [3.8, 4) is 23.1 Å². The number of fused-ring (bicyclic) bond motifs is 8. The lowest BCUT2D eigenvalue weighted by Crippen LogP contribution is -2.50. The molecule has 2 spiro atoms. The Bertz CT molecular complexity index is 2090. The molecule has 2 amide bonds. The van der Waals surface area contributed by atoms with E-state index in [2.05, 4.69) is 31.2 Å². The van der Waals surface area contributed by atoms with E-state index in [4.69, 9.17) is 18.9 Å². The molecule has 4 aliphatic heterocycles. The van der Waals surface area contributed by atoms with Gasteiger partial charge in [-0.15, -0.1) is 0 Å². The van der Waals surface area contributed by atoms with Crippen molar-refractivity contribution >= 4 is 12.2 Å². The molecule has 2 fully saturated rings. The summed E-state index contributed by atoms with van der Waals surface area (Å²) in [5, 5.41) is 0. The van der Waals surface area contributed by atoms with E-state index < -0.39 is 16.8 Å². The minimum Gasteiger partial charge on any atom is -0.463 e. The van der Waals surface area contributed by atoms with Crippen molar-refractivity contribution in [3.63, 3.8) is 0 Å². The first-order chi connectivity index (χ1) is 25.6. The third-order valence-corrected chi connectivity index (χ3v) is 10.3. The number of hydrogen-bond acceptors (Lipinski definition) is 8. The number of carbonyl (C=O) groups is 2. The molecule has 0 N–H and O–H groups in total. The number of rotatable bonds is 2. The van der Waals surface area contributed by atoms with Crippen molar-refractivity contribution in [1.82, 2.24) is 28.9 Å². The summed E-state index contributed by atoms with van der Waals surface area (Å²) in [7, 11) is 0. The van der Waals surface area contributed by atoms with Crippen LogP contribution in [0.4, 0.5) is 9.59 Å². The molecule has 2 saturated heterocycles. The summed E-state index contributed by atoms with van der Waals surface area (Å²) in [5.74, 6) is 1.29. The zero-order valence-electron chi connectivity index (χ0n) is 30.3. The second-order valence-electron chi connectivity index (χ2n) is 14.9. The van der Waals surface area contributed by atoms with Crippen LogP contribution in [0.1, 0.15) is 63.4 Å². The molecule has 8 heterocycles. The molecule has 5 aromatic rings. The number of amides is 2. The topological polar surface area (TPSA) is 113 Å². The molecule has 4 aromatic heterocycles. The normalized spacial score (nSPS) is 17.5. The molecule has 0 radical (unpaired) electrons. The van der Waals surface area contributed by atoms with Gasteiger partial charge in [-0.25, -0.2) is 19.6 Å². The standard InChI is InChI=1S/C22H21N3O3.C19H23N3O3/c26-21(27-16-17-6-2-1-3-7-17)24-14-10-22(11-15-24)19-9-5-13-25(19)18-8-4-12-23-20(18)28-22;1-18(2,3)25-17(23)21-12-8-19(9-13-21)15-7-5-11-22(15)14-6-4-10-20-16(14)24-19/h1-9,12-13H,10-11,14-16H2;4-7,10-11H,8-9,12-13H2,1-3H3. The third kappa shape index (κ3) is 6.69. The minimum absolute atomic E-state index is 0.257. The van der Waals surface area contributed by atoms with E-state index in [1.807, 2.05) is 99.9 Å². The smallest absolute Gasteiger partial charge is 0.410 e. The van der Waals surface area contributed by atoms with Crippen LogP contribution in [0.2, 0.25) is 0 Å². The zero-order valence-corrected chi connectivity index (χ0v) is 30.3. The van der Waals surface area contributed by atoms with Gasteiger partial charge in [0.25, 0.3) is 0 Å². The number of pyridine rings is 2. The van der Waals surface area contributed by atoms with Crippen LogP contribution in [0.15, 0.2) is 104 Å². The Morgan fingerprint density at radius 2 is 1.15 bits per heavy atom. The second kappa shape index (κ2) is 13.6. The van der Waals surface area contributed by atoms with E-state index in [1.165, 1.54) is 0 Å². The number of ether oxygens (including phenoxy) is 4. The highest BCUT2D eigenvalue weighted by Crippen LogP contribution is 2.45. The average Bonchev–Trinajstić information content (AvgIpc) is 3.88. The number of aromatic nitrogens is 4. The monoisotopic (exact) mass is 716 g/mol. The highest BCUT2D eigenvalue weighted by Gasteiger charge is 2.47. The van der Waals surface area contributed by atoms with Gasteiger partial charge in [0, 0.05) is 76.6 Å². The summed E-state index contributed by atoms with van der Waals surface area (Å²) < 4.78 is 28.0. The van der Waals surface area contributed by atoms with Gasteiger partial charge in [-0.2, -0.15) is 0 Å². The van der Waals surface area contributed by atoms with E-state index in [0.717, 1.165) is 28.3 Å². The van der Waals surface area contributed by atoms with Gasteiger partial charge in [0.05, 0.1) is 11.4 Å². The first-order valence-electron chi connectivity index (χ1n) is 18.2. The first-order valence-corrected chi connectivity index (χ1v) is 18.2. The van der Waals surface area contributed by atoms with Crippen LogP contribution < -0.4 is 9.47 Å². The Labute approximate surface area is 308 Å². The number of carbonyl (C=O) groups excluding carboxylic acids is 2. The SMILES string of the molecule is CC(C)(C)OC(=O)N1CCC2(CC1)Oc1ncccc1-n1cccc12.O=C(OCc1ccccc1)N1CCC2(CC1)Oc1ncccc1-n1cccc12. The van der Waals surface area contributed by atoms with E-state index in [1.54, 1.807) is 22.2 Å². The van der Waals surface area contributed by atoms with Crippen molar-refractivity contribution in [1.29, 1.82) is 0 Å². The van der Waals surface area contributed by atoms with Crippen LogP contribution in [0, 0.1) is 0 Å². The Kier molecular flexibility index (Phi) is 8.84. The Hall–Kier alpha value is -5.78. The lowest BCUT2D eigenvalue weighted by molar-refractivity contribution is -0.0291. The maximum atomic E-state index is 12.5. The quantitative estimate of drug-likeness (QED) is 0.186.